The minimum atomic E-state index is -0.0363. The molecule has 0 rings (SSSR count). The first kappa shape index (κ1) is 29.4. The molecule has 0 aliphatic heterocycles. The van der Waals surface area contributed by atoms with Crippen LogP contribution in [-0.2, 0) is 9.53 Å². The molecule has 3 heteroatoms. The molecule has 2 N–H and O–H groups in total. The molecule has 0 aliphatic carbocycles. The van der Waals surface area contributed by atoms with Gasteiger partial charge in [0.1, 0.15) is 0 Å². The second-order valence-corrected chi connectivity index (χ2v) is 9.48. The molecular formula is C27H55NO2. The normalized spacial score (nSPS) is 12.2. The van der Waals surface area contributed by atoms with Gasteiger partial charge in [-0.2, -0.15) is 0 Å². The van der Waals surface area contributed by atoms with Crippen LogP contribution in [0.3, 0.4) is 0 Å². The van der Waals surface area contributed by atoms with E-state index in [4.69, 9.17) is 10.5 Å². The largest absolute Gasteiger partial charge is 0.465 e. The van der Waals surface area contributed by atoms with Gasteiger partial charge in [0.25, 0.3) is 0 Å². The van der Waals surface area contributed by atoms with Crippen molar-refractivity contribution >= 4 is 5.97 Å². The Morgan fingerprint density at radius 1 is 0.667 bits per heavy atom. The van der Waals surface area contributed by atoms with Gasteiger partial charge in [0.05, 0.1) is 6.61 Å². The van der Waals surface area contributed by atoms with E-state index in [9.17, 15) is 4.79 Å². The lowest BCUT2D eigenvalue weighted by molar-refractivity contribution is -0.145. The van der Waals surface area contributed by atoms with Gasteiger partial charge in [-0.15, -0.1) is 0 Å². The van der Waals surface area contributed by atoms with E-state index in [0.29, 0.717) is 25.5 Å². The second kappa shape index (κ2) is 24.7. The van der Waals surface area contributed by atoms with Crippen molar-refractivity contribution < 1.29 is 9.53 Å². The van der Waals surface area contributed by atoms with Crippen LogP contribution in [0.25, 0.3) is 0 Å². The molecule has 0 fully saturated rings. The molecule has 0 aromatic rings. The van der Waals surface area contributed by atoms with Crippen molar-refractivity contribution in [2.75, 3.05) is 13.2 Å². The van der Waals surface area contributed by atoms with Gasteiger partial charge in [-0.25, -0.2) is 0 Å². The smallest absolute Gasteiger partial charge is 0.305 e. The maximum atomic E-state index is 11.7. The third kappa shape index (κ3) is 23.7. The number of hydrogen-bond donors (Lipinski definition) is 1. The zero-order valence-corrected chi connectivity index (χ0v) is 20.7. The van der Waals surface area contributed by atoms with Crippen molar-refractivity contribution in [2.24, 2.45) is 11.7 Å². The molecule has 0 bridgehead atoms. The molecule has 0 amide bonds. The van der Waals surface area contributed by atoms with Crippen LogP contribution in [0.1, 0.15) is 149 Å². The molecule has 0 saturated carbocycles. The van der Waals surface area contributed by atoms with Gasteiger partial charge in [0.15, 0.2) is 0 Å². The summed E-state index contributed by atoms with van der Waals surface area (Å²) in [6, 6.07) is 0. The number of nitrogens with two attached hydrogens (primary N) is 1. The van der Waals surface area contributed by atoms with Crippen LogP contribution in [-0.4, -0.2) is 19.1 Å². The van der Waals surface area contributed by atoms with Gasteiger partial charge in [-0.3, -0.25) is 4.79 Å². The first-order chi connectivity index (χ1) is 14.7. The summed E-state index contributed by atoms with van der Waals surface area (Å²) in [6.45, 7) is 5.56. The molecule has 0 spiro atoms. The van der Waals surface area contributed by atoms with Crippen LogP contribution < -0.4 is 5.73 Å². The lowest BCUT2D eigenvalue weighted by Gasteiger charge is -2.10. The van der Waals surface area contributed by atoms with Crippen LogP contribution in [0.2, 0.25) is 0 Å². The van der Waals surface area contributed by atoms with Crippen molar-refractivity contribution in [2.45, 2.75) is 149 Å². The van der Waals surface area contributed by atoms with Gasteiger partial charge in [-0.05, 0) is 25.3 Å². The number of rotatable bonds is 24. The minimum Gasteiger partial charge on any atom is -0.465 e. The van der Waals surface area contributed by atoms with E-state index in [1.54, 1.807) is 0 Å². The van der Waals surface area contributed by atoms with Crippen molar-refractivity contribution in [3.8, 4) is 0 Å². The first-order valence-electron chi connectivity index (χ1n) is 13.6. The predicted molar refractivity (Wildman–Crippen MR) is 132 cm³/mol. The highest BCUT2D eigenvalue weighted by Gasteiger charge is 2.06. The van der Waals surface area contributed by atoms with Gasteiger partial charge >= 0.3 is 5.97 Å². The Kier molecular flexibility index (Phi) is 24.2. The Bertz CT molecular complexity index is 346. The topological polar surface area (TPSA) is 52.3 Å². The quantitative estimate of drug-likeness (QED) is 0.125. The van der Waals surface area contributed by atoms with Gasteiger partial charge < -0.3 is 10.5 Å². The summed E-state index contributed by atoms with van der Waals surface area (Å²) in [5.74, 6) is 0.343. The van der Waals surface area contributed by atoms with E-state index < -0.39 is 0 Å². The fourth-order valence-corrected chi connectivity index (χ4v) is 4.02. The van der Waals surface area contributed by atoms with E-state index in [0.717, 1.165) is 19.3 Å². The fourth-order valence-electron chi connectivity index (χ4n) is 4.02. The lowest BCUT2D eigenvalue weighted by Crippen LogP contribution is -2.14. The van der Waals surface area contributed by atoms with Crippen LogP contribution in [0.15, 0.2) is 0 Å². The van der Waals surface area contributed by atoms with Gasteiger partial charge in [0.2, 0.25) is 0 Å². The Labute approximate surface area is 189 Å². The van der Waals surface area contributed by atoms with Gasteiger partial charge in [-0.1, -0.05) is 129 Å². The molecule has 1 atom stereocenters. The number of ether oxygens (including phenoxy) is 1. The molecular weight excluding hydrogens is 370 g/mol. The van der Waals surface area contributed by atoms with E-state index in [1.807, 2.05) is 0 Å². The molecule has 180 valence electrons. The summed E-state index contributed by atoms with van der Waals surface area (Å²) >= 11 is 0. The maximum Gasteiger partial charge on any atom is 0.305 e. The Morgan fingerprint density at radius 2 is 1.03 bits per heavy atom. The maximum absolute atomic E-state index is 11.7. The monoisotopic (exact) mass is 425 g/mol. The minimum absolute atomic E-state index is 0.0363. The molecule has 0 aliphatic rings. The molecule has 0 radical (unpaired) electrons. The zero-order valence-electron chi connectivity index (χ0n) is 20.7. The van der Waals surface area contributed by atoms with Gasteiger partial charge in [0, 0.05) is 6.42 Å². The summed E-state index contributed by atoms with van der Waals surface area (Å²) < 4.78 is 5.30. The molecule has 0 aromatic carbocycles. The van der Waals surface area contributed by atoms with Crippen molar-refractivity contribution in [1.82, 2.24) is 0 Å². The molecule has 0 aromatic heterocycles. The average molecular weight is 426 g/mol. The molecule has 3 nitrogen and oxygen atoms in total. The summed E-state index contributed by atoms with van der Waals surface area (Å²) in [5, 5.41) is 0. The summed E-state index contributed by atoms with van der Waals surface area (Å²) in [7, 11) is 0. The van der Waals surface area contributed by atoms with Crippen LogP contribution in [0.4, 0.5) is 0 Å². The summed E-state index contributed by atoms with van der Waals surface area (Å²) in [5.41, 5.74) is 5.51. The SMILES string of the molecule is CCCCCCCCCCCCCCCCCCCCCC(=O)OCC(C)CCN. The predicted octanol–water partition coefficient (Wildman–Crippen LogP) is 8.34. The summed E-state index contributed by atoms with van der Waals surface area (Å²) in [6.07, 6.45) is 27.6. The van der Waals surface area contributed by atoms with Crippen molar-refractivity contribution in [3.63, 3.8) is 0 Å². The van der Waals surface area contributed by atoms with Crippen LogP contribution in [0.5, 0.6) is 0 Å². The third-order valence-electron chi connectivity index (χ3n) is 6.17. The summed E-state index contributed by atoms with van der Waals surface area (Å²) in [4.78, 5) is 11.7. The highest BCUT2D eigenvalue weighted by Crippen LogP contribution is 2.15. The Hall–Kier alpha value is -0.570. The Morgan fingerprint density at radius 3 is 1.40 bits per heavy atom. The third-order valence-corrected chi connectivity index (χ3v) is 6.17. The van der Waals surface area contributed by atoms with E-state index in [2.05, 4.69) is 13.8 Å². The first-order valence-corrected chi connectivity index (χ1v) is 13.6. The molecule has 0 heterocycles. The van der Waals surface area contributed by atoms with E-state index in [-0.39, 0.29) is 5.97 Å². The molecule has 1 unspecified atom stereocenters. The highest BCUT2D eigenvalue weighted by atomic mass is 16.5. The Balaban J connectivity index is 3.13. The standard InChI is InChI=1S/C27H55NO2/c1-3-4-5-6-7-8-9-10-11-12-13-14-15-16-17-18-19-20-21-22-27(29)30-25-26(2)23-24-28/h26H,3-25,28H2,1-2H3. The fraction of sp³-hybridized carbons (Fsp3) is 0.963. The highest BCUT2D eigenvalue weighted by molar-refractivity contribution is 5.69. The number of hydrogen-bond acceptors (Lipinski definition) is 3. The second-order valence-electron chi connectivity index (χ2n) is 9.48. The lowest BCUT2D eigenvalue weighted by atomic mass is 10.0. The number of esters is 1. The average Bonchev–Trinajstić information content (AvgIpc) is 2.74. The van der Waals surface area contributed by atoms with E-state index >= 15 is 0 Å². The number of carbonyl (C=O) groups is 1. The van der Waals surface area contributed by atoms with Crippen molar-refractivity contribution in [3.05, 3.63) is 0 Å². The zero-order chi connectivity index (χ0) is 22.1. The molecule has 0 saturated heterocycles. The van der Waals surface area contributed by atoms with Crippen LogP contribution in [0, 0.1) is 5.92 Å². The number of unbranched alkanes of at least 4 members (excludes halogenated alkanes) is 18. The van der Waals surface area contributed by atoms with Crippen LogP contribution >= 0.6 is 0 Å². The molecule has 30 heavy (non-hydrogen) atoms. The number of carbonyl (C=O) groups excluding carboxylic acids is 1. The van der Waals surface area contributed by atoms with E-state index in [1.165, 1.54) is 109 Å². The van der Waals surface area contributed by atoms with Crippen molar-refractivity contribution in [1.29, 1.82) is 0 Å².